The topological polar surface area (TPSA) is 75.3 Å². The number of benzene rings is 1. The third kappa shape index (κ3) is 8.09. The van der Waals surface area contributed by atoms with Gasteiger partial charge in [0.1, 0.15) is 5.78 Å². The molecule has 0 saturated carbocycles. The fourth-order valence-electron chi connectivity index (χ4n) is 1.63. The van der Waals surface area contributed by atoms with Crippen molar-refractivity contribution in [3.8, 4) is 0 Å². The van der Waals surface area contributed by atoms with E-state index in [1.165, 1.54) is 6.92 Å². The van der Waals surface area contributed by atoms with Crippen molar-refractivity contribution in [2.45, 2.75) is 26.2 Å². The molecule has 114 valence electrons. The normalized spacial score (nSPS) is 10.0. The third-order valence-electron chi connectivity index (χ3n) is 2.75. The van der Waals surface area contributed by atoms with E-state index in [0.717, 1.165) is 5.56 Å². The minimum Gasteiger partial charge on any atom is -0.354 e. The molecule has 0 saturated heterocycles. The molecule has 1 aromatic rings. The molecular formula is C15H19ClN2O3. The Kier molecular flexibility index (Phi) is 7.46. The number of amides is 2. The molecule has 1 aromatic carbocycles. The van der Waals surface area contributed by atoms with Crippen molar-refractivity contribution < 1.29 is 14.4 Å². The number of halogens is 1. The Balaban J connectivity index is 2.14. The average molecular weight is 311 g/mol. The summed E-state index contributed by atoms with van der Waals surface area (Å²) < 4.78 is 0. The number of hydrogen-bond donors (Lipinski definition) is 2. The summed E-state index contributed by atoms with van der Waals surface area (Å²) in [6.45, 7) is 2.16. The van der Waals surface area contributed by atoms with Crippen molar-refractivity contribution in [2.75, 3.05) is 13.1 Å². The summed E-state index contributed by atoms with van der Waals surface area (Å²) in [6, 6.07) is 7.07. The van der Waals surface area contributed by atoms with Crippen LogP contribution in [-0.2, 0) is 20.8 Å². The molecule has 0 fully saturated rings. The second-order valence-corrected chi connectivity index (χ2v) is 5.14. The van der Waals surface area contributed by atoms with Gasteiger partial charge in [-0.05, 0) is 24.6 Å². The van der Waals surface area contributed by atoms with E-state index in [9.17, 15) is 14.4 Å². The summed E-state index contributed by atoms with van der Waals surface area (Å²) >= 11 is 5.76. The molecule has 0 heterocycles. The van der Waals surface area contributed by atoms with Gasteiger partial charge >= 0.3 is 0 Å². The number of carbonyl (C=O) groups excluding carboxylic acids is 3. The molecule has 0 bridgehead atoms. The van der Waals surface area contributed by atoms with Crippen LogP contribution >= 0.6 is 11.6 Å². The Morgan fingerprint density at radius 3 is 2.10 bits per heavy atom. The molecule has 0 unspecified atom stereocenters. The van der Waals surface area contributed by atoms with E-state index in [-0.39, 0.29) is 36.9 Å². The number of Topliss-reactive ketones (excluding diaryl/α,β-unsaturated/α-hetero) is 1. The quantitative estimate of drug-likeness (QED) is 0.714. The van der Waals surface area contributed by atoms with Gasteiger partial charge in [-0.1, -0.05) is 23.7 Å². The first-order valence-corrected chi connectivity index (χ1v) is 7.12. The first-order valence-electron chi connectivity index (χ1n) is 6.74. The summed E-state index contributed by atoms with van der Waals surface area (Å²) in [5, 5.41) is 5.99. The molecule has 0 radical (unpaired) electrons. The maximum absolute atomic E-state index is 11.7. The molecule has 6 heteroatoms. The monoisotopic (exact) mass is 310 g/mol. The maximum Gasteiger partial charge on any atom is 0.224 e. The molecule has 0 aromatic heterocycles. The van der Waals surface area contributed by atoms with Crippen molar-refractivity contribution in [3.05, 3.63) is 34.9 Å². The van der Waals surface area contributed by atoms with Crippen LogP contribution in [0, 0.1) is 0 Å². The summed E-state index contributed by atoms with van der Waals surface area (Å²) in [5.41, 5.74) is 0.877. The number of carbonyl (C=O) groups is 3. The highest BCUT2D eigenvalue weighted by molar-refractivity contribution is 6.30. The van der Waals surface area contributed by atoms with Crippen molar-refractivity contribution >= 4 is 29.2 Å². The maximum atomic E-state index is 11.7. The fraction of sp³-hybridized carbons (Fsp3) is 0.400. The van der Waals surface area contributed by atoms with Gasteiger partial charge in [0.15, 0.2) is 0 Å². The van der Waals surface area contributed by atoms with Crippen LogP contribution in [-0.4, -0.2) is 30.7 Å². The van der Waals surface area contributed by atoms with Crippen LogP contribution in [0.2, 0.25) is 5.02 Å². The average Bonchev–Trinajstić information content (AvgIpc) is 2.44. The van der Waals surface area contributed by atoms with Crippen molar-refractivity contribution in [3.63, 3.8) is 0 Å². The van der Waals surface area contributed by atoms with E-state index in [0.29, 0.717) is 18.1 Å². The van der Waals surface area contributed by atoms with E-state index in [1.54, 1.807) is 24.3 Å². The van der Waals surface area contributed by atoms with Crippen LogP contribution in [0.3, 0.4) is 0 Å². The zero-order chi connectivity index (χ0) is 15.7. The SMILES string of the molecule is CC(=O)CCC(=O)NCCNC(=O)Cc1ccc(Cl)cc1. The molecule has 0 spiro atoms. The van der Waals surface area contributed by atoms with Crippen LogP contribution in [0.25, 0.3) is 0 Å². The molecule has 21 heavy (non-hydrogen) atoms. The van der Waals surface area contributed by atoms with Crippen molar-refractivity contribution in [2.24, 2.45) is 0 Å². The van der Waals surface area contributed by atoms with E-state index in [2.05, 4.69) is 10.6 Å². The lowest BCUT2D eigenvalue weighted by molar-refractivity contribution is -0.124. The second-order valence-electron chi connectivity index (χ2n) is 4.71. The van der Waals surface area contributed by atoms with Gasteiger partial charge in [0, 0.05) is 31.0 Å². The molecule has 0 aliphatic carbocycles. The highest BCUT2D eigenvalue weighted by atomic mass is 35.5. The van der Waals surface area contributed by atoms with Crippen molar-refractivity contribution in [1.29, 1.82) is 0 Å². The lowest BCUT2D eigenvalue weighted by Crippen LogP contribution is -2.35. The van der Waals surface area contributed by atoms with E-state index < -0.39 is 0 Å². The molecule has 2 N–H and O–H groups in total. The lowest BCUT2D eigenvalue weighted by atomic mass is 10.1. The first-order chi connectivity index (χ1) is 9.97. The first kappa shape index (κ1) is 17.2. The van der Waals surface area contributed by atoms with Gasteiger partial charge < -0.3 is 15.4 Å². The Bertz CT molecular complexity index is 500. The summed E-state index contributed by atoms with van der Waals surface area (Å²) in [5.74, 6) is -0.311. The van der Waals surface area contributed by atoms with Crippen LogP contribution in [0.4, 0.5) is 0 Å². The summed E-state index contributed by atoms with van der Waals surface area (Å²) in [4.78, 5) is 33.7. The van der Waals surface area contributed by atoms with Crippen molar-refractivity contribution in [1.82, 2.24) is 10.6 Å². The number of nitrogens with one attached hydrogen (secondary N) is 2. The van der Waals surface area contributed by atoms with Crippen LogP contribution in [0.15, 0.2) is 24.3 Å². The van der Waals surface area contributed by atoms with Gasteiger partial charge in [0.05, 0.1) is 6.42 Å². The number of ketones is 1. The molecule has 0 atom stereocenters. The molecule has 1 rings (SSSR count). The molecule has 0 aliphatic heterocycles. The van der Waals surface area contributed by atoms with E-state index >= 15 is 0 Å². The number of rotatable bonds is 8. The van der Waals surface area contributed by atoms with Crippen LogP contribution in [0.5, 0.6) is 0 Å². The highest BCUT2D eigenvalue weighted by Crippen LogP contribution is 2.09. The predicted molar refractivity (Wildman–Crippen MR) is 81.1 cm³/mol. The molecule has 0 aliphatic rings. The summed E-state index contributed by atoms with van der Waals surface area (Å²) in [6.07, 6.45) is 0.707. The Morgan fingerprint density at radius 1 is 0.952 bits per heavy atom. The smallest absolute Gasteiger partial charge is 0.224 e. The second kappa shape index (κ2) is 9.13. The standard InChI is InChI=1S/C15H19ClN2O3/c1-11(19)2-7-14(20)17-8-9-18-15(21)10-12-3-5-13(16)6-4-12/h3-6H,2,7-10H2,1H3,(H,17,20)(H,18,21). The fourth-order valence-corrected chi connectivity index (χ4v) is 1.76. The Hall–Kier alpha value is -1.88. The van der Waals surface area contributed by atoms with Gasteiger partial charge in [-0.2, -0.15) is 0 Å². The van der Waals surface area contributed by atoms with Gasteiger partial charge in [0.2, 0.25) is 11.8 Å². The predicted octanol–water partition coefficient (Wildman–Crippen LogP) is 1.48. The van der Waals surface area contributed by atoms with Gasteiger partial charge in [-0.3, -0.25) is 9.59 Å². The largest absolute Gasteiger partial charge is 0.354 e. The third-order valence-corrected chi connectivity index (χ3v) is 3.00. The van der Waals surface area contributed by atoms with E-state index in [1.807, 2.05) is 0 Å². The van der Waals surface area contributed by atoms with Gasteiger partial charge in [-0.15, -0.1) is 0 Å². The number of hydrogen-bond acceptors (Lipinski definition) is 3. The van der Waals surface area contributed by atoms with Gasteiger partial charge in [0.25, 0.3) is 0 Å². The lowest BCUT2D eigenvalue weighted by Gasteiger charge is -2.07. The Labute approximate surface area is 129 Å². The Morgan fingerprint density at radius 2 is 1.52 bits per heavy atom. The zero-order valence-corrected chi connectivity index (χ0v) is 12.7. The molecular weight excluding hydrogens is 292 g/mol. The zero-order valence-electron chi connectivity index (χ0n) is 11.9. The minimum absolute atomic E-state index is 0.0126. The van der Waals surface area contributed by atoms with Crippen LogP contribution < -0.4 is 10.6 Å². The van der Waals surface area contributed by atoms with Gasteiger partial charge in [-0.25, -0.2) is 0 Å². The molecule has 5 nitrogen and oxygen atoms in total. The van der Waals surface area contributed by atoms with E-state index in [4.69, 9.17) is 11.6 Å². The molecule has 2 amide bonds. The van der Waals surface area contributed by atoms with Crippen LogP contribution in [0.1, 0.15) is 25.3 Å². The summed E-state index contributed by atoms with van der Waals surface area (Å²) in [7, 11) is 0. The minimum atomic E-state index is -0.183. The highest BCUT2D eigenvalue weighted by Gasteiger charge is 2.05.